The minimum absolute atomic E-state index is 0.0536. The molecule has 7 heteroatoms. The second kappa shape index (κ2) is 8.40. The molecule has 2 aliphatic rings. The van der Waals surface area contributed by atoms with Crippen molar-refractivity contribution >= 4 is 46.4 Å². The molecule has 0 aliphatic heterocycles. The molecular weight excluding hydrogens is 425 g/mol. The Morgan fingerprint density at radius 2 is 1.57 bits per heavy atom. The molecule has 2 aromatic carbocycles. The van der Waals surface area contributed by atoms with Crippen molar-refractivity contribution in [3.05, 3.63) is 57.6 Å². The van der Waals surface area contributed by atoms with E-state index in [-0.39, 0.29) is 45.1 Å². The van der Waals surface area contributed by atoms with Crippen LogP contribution in [-0.4, -0.2) is 22.6 Å². The molecule has 0 radical (unpaired) electrons. The molecule has 5 nitrogen and oxygen atoms in total. The van der Waals surface area contributed by atoms with Gasteiger partial charge in [0.15, 0.2) is 17.3 Å². The summed E-state index contributed by atoms with van der Waals surface area (Å²) in [4.78, 5) is 38.6. The molecule has 2 unspecified atom stereocenters. The van der Waals surface area contributed by atoms with Gasteiger partial charge in [-0.2, -0.15) is 0 Å². The number of halogens is 2. The highest BCUT2D eigenvalue weighted by Gasteiger charge is 2.42. The van der Waals surface area contributed by atoms with Gasteiger partial charge in [0.05, 0.1) is 16.0 Å². The average molecular weight is 446 g/mol. The van der Waals surface area contributed by atoms with Crippen LogP contribution in [0.3, 0.4) is 0 Å². The van der Waals surface area contributed by atoms with Crippen LogP contribution in [0.2, 0.25) is 10.0 Å². The number of fused-ring (bicyclic) bond motifs is 1. The Morgan fingerprint density at radius 3 is 2.17 bits per heavy atom. The summed E-state index contributed by atoms with van der Waals surface area (Å²) in [5.74, 6) is -1.78. The van der Waals surface area contributed by atoms with Crippen LogP contribution in [0.4, 0.5) is 5.69 Å². The van der Waals surface area contributed by atoms with Gasteiger partial charge in [-0.05, 0) is 37.3 Å². The van der Waals surface area contributed by atoms with E-state index in [9.17, 15) is 19.5 Å². The third kappa shape index (κ3) is 3.84. The molecule has 2 atom stereocenters. The zero-order valence-electron chi connectivity index (χ0n) is 16.2. The molecule has 156 valence electrons. The molecule has 4 rings (SSSR count). The van der Waals surface area contributed by atoms with E-state index in [1.54, 1.807) is 24.3 Å². The third-order valence-corrected chi connectivity index (χ3v) is 6.74. The zero-order chi connectivity index (χ0) is 21.4. The van der Waals surface area contributed by atoms with Gasteiger partial charge in [-0.3, -0.25) is 14.4 Å². The smallest absolute Gasteiger partial charge is 0.227 e. The fourth-order valence-electron chi connectivity index (χ4n) is 4.63. The lowest BCUT2D eigenvalue weighted by Crippen LogP contribution is -2.34. The predicted octanol–water partition coefficient (Wildman–Crippen LogP) is 5.53. The Balaban J connectivity index is 1.50. The molecule has 0 saturated heterocycles. The monoisotopic (exact) mass is 445 g/mol. The van der Waals surface area contributed by atoms with Crippen LogP contribution in [0.1, 0.15) is 52.8 Å². The van der Waals surface area contributed by atoms with Crippen LogP contribution in [0.25, 0.3) is 0 Å². The lowest BCUT2D eigenvalue weighted by atomic mass is 9.73. The summed E-state index contributed by atoms with van der Waals surface area (Å²) >= 11 is 11.9. The van der Waals surface area contributed by atoms with E-state index in [0.717, 1.165) is 19.3 Å². The van der Waals surface area contributed by atoms with Gasteiger partial charge in [-0.25, -0.2) is 0 Å². The zero-order valence-corrected chi connectivity index (χ0v) is 17.7. The Hall–Kier alpha value is -2.37. The highest BCUT2D eigenvalue weighted by molar-refractivity contribution is 6.37. The summed E-state index contributed by atoms with van der Waals surface area (Å²) in [6.07, 6.45) is 3.74. The maximum atomic E-state index is 13.0. The fourth-order valence-corrected chi connectivity index (χ4v) is 5.12. The van der Waals surface area contributed by atoms with E-state index in [4.69, 9.17) is 23.2 Å². The van der Waals surface area contributed by atoms with Crippen LogP contribution >= 0.6 is 23.2 Å². The second-order valence-corrected chi connectivity index (χ2v) is 8.81. The van der Waals surface area contributed by atoms with Gasteiger partial charge in [-0.15, -0.1) is 0 Å². The molecule has 30 heavy (non-hydrogen) atoms. The third-order valence-electron chi connectivity index (χ3n) is 6.16. The summed E-state index contributed by atoms with van der Waals surface area (Å²) < 4.78 is 0. The van der Waals surface area contributed by atoms with Crippen molar-refractivity contribution in [3.63, 3.8) is 0 Å². The van der Waals surface area contributed by atoms with Crippen molar-refractivity contribution < 1.29 is 19.5 Å². The first-order chi connectivity index (χ1) is 14.4. The van der Waals surface area contributed by atoms with E-state index in [0.29, 0.717) is 29.7 Å². The molecule has 1 amide bonds. The van der Waals surface area contributed by atoms with Crippen molar-refractivity contribution in [1.29, 1.82) is 0 Å². The van der Waals surface area contributed by atoms with Crippen LogP contribution < -0.4 is 5.32 Å². The average Bonchev–Trinajstić information content (AvgIpc) is 2.97. The lowest BCUT2D eigenvalue weighted by Gasteiger charge is -2.31. The number of aromatic hydroxyl groups is 1. The Kier molecular flexibility index (Phi) is 5.85. The number of carbonyl (C=O) groups is 3. The van der Waals surface area contributed by atoms with Crippen molar-refractivity contribution in [3.8, 4) is 5.75 Å². The molecule has 1 saturated carbocycles. The van der Waals surface area contributed by atoms with Crippen LogP contribution in [-0.2, 0) is 4.79 Å². The minimum Gasteiger partial charge on any atom is -0.505 e. The first-order valence-electron chi connectivity index (χ1n) is 10.0. The van der Waals surface area contributed by atoms with Crippen LogP contribution in [0.15, 0.2) is 36.4 Å². The van der Waals surface area contributed by atoms with Gasteiger partial charge >= 0.3 is 0 Å². The number of rotatable bonds is 4. The van der Waals surface area contributed by atoms with Crippen molar-refractivity contribution in [2.24, 2.45) is 17.8 Å². The van der Waals surface area contributed by atoms with E-state index >= 15 is 0 Å². The molecule has 2 N–H and O–H groups in total. The number of carbonyl (C=O) groups excluding carboxylic acids is 3. The summed E-state index contributed by atoms with van der Waals surface area (Å²) in [6, 6.07) is 9.80. The number of benzene rings is 2. The number of ketones is 2. The molecule has 0 bridgehead atoms. The van der Waals surface area contributed by atoms with E-state index in [1.165, 1.54) is 12.1 Å². The molecule has 0 aromatic heterocycles. The van der Waals surface area contributed by atoms with Crippen molar-refractivity contribution in [2.45, 2.75) is 32.1 Å². The topological polar surface area (TPSA) is 83.5 Å². The van der Waals surface area contributed by atoms with E-state index in [1.807, 2.05) is 0 Å². The molecular formula is C23H21Cl2NO4. The summed E-state index contributed by atoms with van der Waals surface area (Å²) in [5, 5.41) is 12.6. The number of phenols is 1. The van der Waals surface area contributed by atoms with Crippen LogP contribution in [0, 0.1) is 17.8 Å². The molecule has 0 spiro atoms. The number of hydrogen-bond acceptors (Lipinski definition) is 4. The highest BCUT2D eigenvalue weighted by Crippen LogP contribution is 2.40. The molecule has 0 heterocycles. The standard InChI is InChI=1S/C23H21Cl2NO4/c24-18-10-13(11-19(25)22(18)29)26-23(30)14-6-2-1-5-12(14)9-17-20(27)15-7-3-4-8-16(15)21(17)28/h3-4,7-8,10-12,14,17,29H,1-2,5-6,9H2,(H,26,30). The number of anilines is 1. The largest absolute Gasteiger partial charge is 0.505 e. The summed E-state index contributed by atoms with van der Waals surface area (Å²) in [6.45, 7) is 0. The van der Waals surface area contributed by atoms with Gasteiger partial charge in [-0.1, -0.05) is 60.3 Å². The Labute approximate surface area is 184 Å². The number of hydrogen-bond donors (Lipinski definition) is 2. The molecule has 2 aliphatic carbocycles. The van der Waals surface area contributed by atoms with E-state index in [2.05, 4.69) is 5.32 Å². The Bertz CT molecular complexity index is 978. The maximum Gasteiger partial charge on any atom is 0.227 e. The predicted molar refractivity (Wildman–Crippen MR) is 115 cm³/mol. The van der Waals surface area contributed by atoms with Gasteiger partial charge in [0, 0.05) is 22.7 Å². The molecule has 1 fully saturated rings. The number of phenolic OH excluding ortho intramolecular Hbond substituents is 1. The lowest BCUT2D eigenvalue weighted by molar-refractivity contribution is -0.122. The van der Waals surface area contributed by atoms with E-state index < -0.39 is 5.92 Å². The SMILES string of the molecule is O=C1c2ccccc2C(=O)C1CC1CCCCC1C(=O)Nc1cc(Cl)c(O)c(Cl)c1. The maximum absolute atomic E-state index is 13.0. The first-order valence-corrected chi connectivity index (χ1v) is 10.8. The summed E-state index contributed by atoms with van der Waals surface area (Å²) in [7, 11) is 0. The van der Waals surface area contributed by atoms with Gasteiger partial charge in [0.1, 0.15) is 0 Å². The van der Waals surface area contributed by atoms with Gasteiger partial charge in [0.25, 0.3) is 0 Å². The van der Waals surface area contributed by atoms with Gasteiger partial charge in [0.2, 0.25) is 5.91 Å². The fraction of sp³-hybridized carbons (Fsp3) is 0.348. The van der Waals surface area contributed by atoms with Crippen molar-refractivity contribution in [1.82, 2.24) is 0 Å². The quantitative estimate of drug-likeness (QED) is 0.478. The number of amides is 1. The highest BCUT2D eigenvalue weighted by atomic mass is 35.5. The van der Waals surface area contributed by atoms with Crippen LogP contribution in [0.5, 0.6) is 5.75 Å². The number of Topliss-reactive ketones (excluding diaryl/α,β-unsaturated/α-hetero) is 2. The van der Waals surface area contributed by atoms with Gasteiger partial charge < -0.3 is 10.4 Å². The minimum atomic E-state index is -0.710. The molecule has 2 aromatic rings. The van der Waals surface area contributed by atoms with Crippen molar-refractivity contribution in [2.75, 3.05) is 5.32 Å². The second-order valence-electron chi connectivity index (χ2n) is 7.99. The normalized spacial score (nSPS) is 21.5. The Morgan fingerprint density at radius 1 is 1.00 bits per heavy atom. The number of nitrogens with one attached hydrogen (secondary N) is 1. The summed E-state index contributed by atoms with van der Waals surface area (Å²) in [5.41, 5.74) is 1.37. The first kappa shape index (κ1) is 20.9.